The number of nitrogens with zero attached hydrogens (tertiary/aromatic N) is 5. The lowest BCUT2D eigenvalue weighted by Crippen LogP contribution is -2.17. The SMILES string of the molecule is O=[N+]([O-])c1ccc(NCCNc2nc(-c3ccc(Cl)cc3Cl)cc3nccn23)nc1. The number of anilines is 2. The van der Waals surface area contributed by atoms with Crippen LogP contribution in [0, 0.1) is 10.1 Å². The zero-order valence-electron chi connectivity index (χ0n) is 15.4. The van der Waals surface area contributed by atoms with Crippen LogP contribution in [0.4, 0.5) is 17.5 Å². The summed E-state index contributed by atoms with van der Waals surface area (Å²) >= 11 is 12.3. The highest BCUT2D eigenvalue weighted by atomic mass is 35.5. The Kier molecular flexibility index (Phi) is 5.64. The third-order valence-electron chi connectivity index (χ3n) is 4.27. The summed E-state index contributed by atoms with van der Waals surface area (Å²) in [7, 11) is 0. The topological polar surface area (TPSA) is 110 Å². The lowest BCUT2D eigenvalue weighted by molar-refractivity contribution is -0.385. The van der Waals surface area contributed by atoms with Crippen molar-refractivity contribution in [2.75, 3.05) is 23.7 Å². The zero-order chi connectivity index (χ0) is 21.1. The van der Waals surface area contributed by atoms with Gasteiger partial charge in [0.05, 0.1) is 15.6 Å². The monoisotopic (exact) mass is 443 g/mol. The standard InChI is InChI=1S/C19H15Cl2N7O2/c20-12-1-3-14(15(21)9-12)16-10-18-23-7-8-27(18)19(26-16)24-6-5-22-17-4-2-13(11-25-17)28(29)30/h1-4,7-11H,5-6H2,(H,22,25)(H,24,26). The fourth-order valence-electron chi connectivity index (χ4n) is 2.85. The van der Waals surface area contributed by atoms with E-state index in [1.165, 1.54) is 12.3 Å². The molecule has 0 fully saturated rings. The van der Waals surface area contributed by atoms with Gasteiger partial charge >= 0.3 is 0 Å². The number of hydrogen-bond donors (Lipinski definition) is 2. The molecule has 0 unspecified atom stereocenters. The maximum Gasteiger partial charge on any atom is 0.287 e. The van der Waals surface area contributed by atoms with Gasteiger partial charge in [-0.3, -0.25) is 14.5 Å². The number of benzene rings is 1. The van der Waals surface area contributed by atoms with E-state index in [1.54, 1.807) is 24.4 Å². The molecule has 0 saturated heterocycles. The van der Waals surface area contributed by atoms with E-state index in [4.69, 9.17) is 23.2 Å². The van der Waals surface area contributed by atoms with Crippen LogP contribution in [-0.4, -0.2) is 37.4 Å². The van der Waals surface area contributed by atoms with Crippen LogP contribution in [0.2, 0.25) is 10.0 Å². The van der Waals surface area contributed by atoms with Crippen LogP contribution in [0.25, 0.3) is 16.9 Å². The molecular formula is C19H15Cl2N7O2. The molecule has 0 saturated carbocycles. The van der Waals surface area contributed by atoms with E-state index in [2.05, 4.69) is 25.6 Å². The summed E-state index contributed by atoms with van der Waals surface area (Å²) in [5.74, 6) is 1.15. The first-order valence-electron chi connectivity index (χ1n) is 8.89. The van der Waals surface area contributed by atoms with Gasteiger partial charge in [0.15, 0.2) is 0 Å². The number of hydrogen-bond acceptors (Lipinski definition) is 7. The summed E-state index contributed by atoms with van der Waals surface area (Å²) in [5, 5.41) is 18.1. The molecular weight excluding hydrogens is 429 g/mol. The second-order valence-electron chi connectivity index (χ2n) is 6.26. The fourth-order valence-corrected chi connectivity index (χ4v) is 3.35. The molecule has 4 rings (SSSR count). The summed E-state index contributed by atoms with van der Waals surface area (Å²) in [6.45, 7) is 1.05. The van der Waals surface area contributed by atoms with Crippen molar-refractivity contribution in [2.45, 2.75) is 0 Å². The average molecular weight is 444 g/mol. The van der Waals surface area contributed by atoms with Gasteiger partial charge in [0, 0.05) is 48.2 Å². The van der Waals surface area contributed by atoms with Crippen LogP contribution in [0.3, 0.4) is 0 Å². The predicted molar refractivity (Wildman–Crippen MR) is 116 cm³/mol. The van der Waals surface area contributed by atoms with Crippen LogP contribution in [0.1, 0.15) is 0 Å². The van der Waals surface area contributed by atoms with Crippen LogP contribution in [-0.2, 0) is 0 Å². The second kappa shape index (κ2) is 8.52. The van der Waals surface area contributed by atoms with Crippen molar-refractivity contribution in [3.63, 3.8) is 0 Å². The maximum absolute atomic E-state index is 10.7. The van der Waals surface area contributed by atoms with Crippen LogP contribution in [0.15, 0.2) is 55.0 Å². The van der Waals surface area contributed by atoms with E-state index in [0.29, 0.717) is 40.6 Å². The van der Waals surface area contributed by atoms with Gasteiger partial charge in [0.25, 0.3) is 5.69 Å². The van der Waals surface area contributed by atoms with E-state index >= 15 is 0 Å². The van der Waals surface area contributed by atoms with Crippen molar-refractivity contribution >= 4 is 46.3 Å². The highest BCUT2D eigenvalue weighted by Gasteiger charge is 2.11. The van der Waals surface area contributed by atoms with Gasteiger partial charge in [-0.15, -0.1) is 0 Å². The molecule has 0 bridgehead atoms. The Bertz CT molecular complexity index is 1210. The lowest BCUT2D eigenvalue weighted by atomic mass is 10.1. The molecule has 2 N–H and O–H groups in total. The third kappa shape index (κ3) is 4.27. The van der Waals surface area contributed by atoms with E-state index < -0.39 is 4.92 Å². The molecule has 30 heavy (non-hydrogen) atoms. The molecule has 9 nitrogen and oxygen atoms in total. The van der Waals surface area contributed by atoms with E-state index in [-0.39, 0.29) is 5.69 Å². The molecule has 152 valence electrons. The lowest BCUT2D eigenvalue weighted by Gasteiger charge is -2.12. The molecule has 11 heteroatoms. The first-order valence-corrected chi connectivity index (χ1v) is 9.64. The summed E-state index contributed by atoms with van der Waals surface area (Å²) in [6, 6.07) is 10.1. The number of nitrogens with one attached hydrogen (secondary N) is 2. The van der Waals surface area contributed by atoms with Crippen molar-refractivity contribution < 1.29 is 4.92 Å². The van der Waals surface area contributed by atoms with Gasteiger partial charge in [0.2, 0.25) is 5.95 Å². The molecule has 0 spiro atoms. The van der Waals surface area contributed by atoms with Gasteiger partial charge in [-0.1, -0.05) is 23.2 Å². The maximum atomic E-state index is 10.7. The van der Waals surface area contributed by atoms with Gasteiger partial charge in [-0.05, 0) is 24.3 Å². The van der Waals surface area contributed by atoms with E-state index in [9.17, 15) is 10.1 Å². The summed E-state index contributed by atoms with van der Waals surface area (Å²) in [4.78, 5) is 23.2. The quantitative estimate of drug-likeness (QED) is 0.245. The van der Waals surface area contributed by atoms with Crippen LogP contribution < -0.4 is 10.6 Å². The molecule has 3 heterocycles. The Labute approximate surface area is 180 Å². The predicted octanol–water partition coefficient (Wildman–Crippen LogP) is 4.53. The van der Waals surface area contributed by atoms with Gasteiger partial charge in [-0.25, -0.2) is 15.0 Å². The molecule has 4 aromatic rings. The number of pyridine rings is 1. The van der Waals surface area contributed by atoms with Crippen LogP contribution >= 0.6 is 23.2 Å². The smallest absolute Gasteiger partial charge is 0.287 e. The summed E-state index contributed by atoms with van der Waals surface area (Å²) in [6.07, 6.45) is 4.71. The summed E-state index contributed by atoms with van der Waals surface area (Å²) in [5.41, 5.74) is 2.09. The molecule has 1 aromatic carbocycles. The normalized spacial score (nSPS) is 10.9. The first kappa shape index (κ1) is 19.9. The number of aromatic nitrogens is 4. The summed E-state index contributed by atoms with van der Waals surface area (Å²) < 4.78 is 1.83. The van der Waals surface area contributed by atoms with E-state index in [1.807, 2.05) is 22.7 Å². The molecule has 0 atom stereocenters. The van der Waals surface area contributed by atoms with E-state index in [0.717, 1.165) is 11.2 Å². The molecule has 0 amide bonds. The van der Waals surface area contributed by atoms with Crippen LogP contribution in [0.5, 0.6) is 0 Å². The third-order valence-corrected chi connectivity index (χ3v) is 4.82. The first-order chi connectivity index (χ1) is 14.5. The number of imidazole rings is 1. The highest BCUT2D eigenvalue weighted by molar-refractivity contribution is 6.36. The minimum atomic E-state index is -0.486. The zero-order valence-corrected chi connectivity index (χ0v) is 16.9. The second-order valence-corrected chi connectivity index (χ2v) is 7.10. The minimum Gasteiger partial charge on any atom is -0.368 e. The number of nitro groups is 1. The van der Waals surface area contributed by atoms with Crippen molar-refractivity contribution in [3.8, 4) is 11.3 Å². The molecule has 0 aliphatic rings. The molecule has 0 aliphatic heterocycles. The molecule has 0 aliphatic carbocycles. The Morgan fingerprint density at radius 1 is 1.07 bits per heavy atom. The Balaban J connectivity index is 1.48. The Morgan fingerprint density at radius 2 is 1.90 bits per heavy atom. The Morgan fingerprint density at radius 3 is 2.63 bits per heavy atom. The van der Waals surface area contributed by atoms with Gasteiger partial charge in [-0.2, -0.15) is 0 Å². The van der Waals surface area contributed by atoms with Crippen molar-refractivity contribution in [2.24, 2.45) is 0 Å². The van der Waals surface area contributed by atoms with Gasteiger partial charge in [0.1, 0.15) is 17.7 Å². The van der Waals surface area contributed by atoms with Crippen molar-refractivity contribution in [1.29, 1.82) is 0 Å². The Hall–Kier alpha value is -3.43. The van der Waals surface area contributed by atoms with Crippen molar-refractivity contribution in [3.05, 3.63) is 75.1 Å². The largest absolute Gasteiger partial charge is 0.368 e. The minimum absolute atomic E-state index is 0.0527. The fraction of sp³-hybridized carbons (Fsp3) is 0.105. The van der Waals surface area contributed by atoms with Crippen molar-refractivity contribution in [1.82, 2.24) is 19.4 Å². The average Bonchev–Trinajstić information content (AvgIpc) is 3.20. The molecule has 3 aromatic heterocycles. The van der Waals surface area contributed by atoms with Gasteiger partial charge < -0.3 is 10.6 Å². The number of fused-ring (bicyclic) bond motifs is 1. The number of halogens is 2. The number of rotatable bonds is 7. The molecule has 0 radical (unpaired) electrons. The highest BCUT2D eigenvalue weighted by Crippen LogP contribution is 2.30.